The quantitative estimate of drug-likeness (QED) is 0.697. The van der Waals surface area contributed by atoms with Crippen LogP contribution in [0.2, 0.25) is 5.02 Å². The number of hydrogen-bond acceptors (Lipinski definition) is 3. The van der Waals surface area contributed by atoms with E-state index in [4.69, 9.17) is 11.6 Å². The predicted molar refractivity (Wildman–Crippen MR) is 79.4 cm³/mol. The molecule has 1 heterocycles. The zero-order chi connectivity index (χ0) is 15.6. The first-order chi connectivity index (χ1) is 9.90. The van der Waals surface area contributed by atoms with Crippen LogP contribution in [0.25, 0.3) is 6.08 Å². The Kier molecular flexibility index (Phi) is 4.29. The van der Waals surface area contributed by atoms with E-state index in [1.807, 2.05) is 0 Å². The van der Waals surface area contributed by atoms with E-state index in [2.05, 4.69) is 4.98 Å². The van der Waals surface area contributed by atoms with E-state index < -0.39 is 5.97 Å². The van der Waals surface area contributed by atoms with Crippen molar-refractivity contribution in [3.8, 4) is 0 Å². The molecular weight excluding hydrogens is 290 g/mol. The van der Waals surface area contributed by atoms with Crippen molar-refractivity contribution in [1.82, 2.24) is 4.98 Å². The molecule has 1 N–H and O–H groups in total. The summed E-state index contributed by atoms with van der Waals surface area (Å²) < 4.78 is 0. The summed E-state index contributed by atoms with van der Waals surface area (Å²) in [6.45, 7) is 3.24. The largest absolute Gasteiger partial charge is 0.543 e. The smallest absolute Gasteiger partial charge is 0.187 e. The van der Waals surface area contributed by atoms with Crippen LogP contribution in [0.3, 0.4) is 0 Å². The number of aryl methyl sites for hydroxylation is 1. The van der Waals surface area contributed by atoms with Crippen molar-refractivity contribution in [2.24, 2.45) is 0 Å². The summed E-state index contributed by atoms with van der Waals surface area (Å²) in [6, 6.07) is 7.03. The number of benzene rings is 1. The van der Waals surface area contributed by atoms with Crippen LogP contribution in [0.4, 0.5) is 0 Å². The third-order valence-corrected chi connectivity index (χ3v) is 3.44. The highest BCUT2D eigenvalue weighted by atomic mass is 35.5. The van der Waals surface area contributed by atoms with Gasteiger partial charge in [-0.1, -0.05) is 29.8 Å². The van der Waals surface area contributed by atoms with E-state index >= 15 is 0 Å². The number of allylic oxidation sites excluding steroid dienone is 1. The summed E-state index contributed by atoms with van der Waals surface area (Å²) in [5, 5.41) is 11.6. The number of halogens is 1. The SMILES string of the molecule is Cc1[nH]c(C(=O)[O-])c(C)c1C(=O)/C=C/c1ccc(Cl)cc1. The van der Waals surface area contributed by atoms with Gasteiger partial charge in [0.2, 0.25) is 0 Å². The molecule has 4 nitrogen and oxygen atoms in total. The third-order valence-electron chi connectivity index (χ3n) is 3.19. The lowest BCUT2D eigenvalue weighted by Gasteiger charge is -2.00. The Morgan fingerprint density at radius 3 is 2.33 bits per heavy atom. The van der Waals surface area contributed by atoms with E-state index in [-0.39, 0.29) is 11.5 Å². The fourth-order valence-electron chi connectivity index (χ4n) is 2.15. The van der Waals surface area contributed by atoms with Gasteiger partial charge in [0.05, 0.1) is 11.7 Å². The second-order valence-corrected chi connectivity index (χ2v) is 5.10. The molecule has 1 aromatic carbocycles. The van der Waals surface area contributed by atoms with E-state index in [9.17, 15) is 14.7 Å². The Bertz CT molecular complexity index is 727. The second-order valence-electron chi connectivity index (χ2n) is 4.66. The molecule has 21 heavy (non-hydrogen) atoms. The molecular formula is C16H13ClNO3-. The molecule has 0 atom stereocenters. The van der Waals surface area contributed by atoms with Gasteiger partial charge in [-0.05, 0) is 43.2 Å². The minimum Gasteiger partial charge on any atom is -0.543 e. The summed E-state index contributed by atoms with van der Waals surface area (Å²) in [4.78, 5) is 25.8. The lowest BCUT2D eigenvalue weighted by atomic mass is 10.0. The van der Waals surface area contributed by atoms with Gasteiger partial charge in [-0.25, -0.2) is 0 Å². The molecule has 0 saturated heterocycles. The fourth-order valence-corrected chi connectivity index (χ4v) is 2.28. The van der Waals surface area contributed by atoms with Crippen LogP contribution in [-0.4, -0.2) is 16.7 Å². The maximum absolute atomic E-state index is 12.2. The normalized spacial score (nSPS) is 11.0. The highest BCUT2D eigenvalue weighted by molar-refractivity contribution is 6.30. The van der Waals surface area contributed by atoms with Gasteiger partial charge in [-0.3, -0.25) is 4.79 Å². The van der Waals surface area contributed by atoms with Crippen LogP contribution in [0.15, 0.2) is 30.3 Å². The number of carbonyl (C=O) groups excluding carboxylic acids is 2. The number of H-pyrrole nitrogens is 1. The first kappa shape index (κ1) is 15.1. The predicted octanol–water partition coefficient (Wildman–Crippen LogP) is 2.54. The second kappa shape index (κ2) is 5.97. The number of nitrogens with one attached hydrogen (secondary N) is 1. The lowest BCUT2D eigenvalue weighted by molar-refractivity contribution is -0.255. The minimum absolute atomic E-state index is 0.0595. The molecule has 108 valence electrons. The number of aromatic nitrogens is 1. The van der Waals surface area contributed by atoms with E-state index in [1.165, 1.54) is 6.08 Å². The van der Waals surface area contributed by atoms with Crippen molar-refractivity contribution in [3.05, 3.63) is 63.4 Å². The van der Waals surface area contributed by atoms with Gasteiger partial charge < -0.3 is 14.9 Å². The van der Waals surface area contributed by atoms with Crippen LogP contribution < -0.4 is 5.11 Å². The van der Waals surface area contributed by atoms with Gasteiger partial charge in [0.1, 0.15) is 0 Å². The molecule has 2 aromatic rings. The van der Waals surface area contributed by atoms with Crippen LogP contribution in [-0.2, 0) is 0 Å². The summed E-state index contributed by atoms with van der Waals surface area (Å²) in [7, 11) is 0. The van der Waals surface area contributed by atoms with Crippen molar-refractivity contribution in [2.75, 3.05) is 0 Å². The highest BCUT2D eigenvalue weighted by Gasteiger charge is 2.16. The molecule has 0 aliphatic rings. The Balaban J connectivity index is 2.29. The monoisotopic (exact) mass is 302 g/mol. The van der Waals surface area contributed by atoms with E-state index in [1.54, 1.807) is 44.2 Å². The molecule has 5 heteroatoms. The number of carbonyl (C=O) groups is 2. The van der Waals surface area contributed by atoms with Crippen molar-refractivity contribution in [2.45, 2.75) is 13.8 Å². The number of ketones is 1. The first-order valence-corrected chi connectivity index (χ1v) is 6.66. The van der Waals surface area contributed by atoms with Crippen LogP contribution >= 0.6 is 11.6 Å². The molecule has 0 radical (unpaired) electrons. The first-order valence-electron chi connectivity index (χ1n) is 6.28. The lowest BCUT2D eigenvalue weighted by Crippen LogP contribution is -2.23. The summed E-state index contributed by atoms with van der Waals surface area (Å²) in [5.74, 6) is -1.58. The van der Waals surface area contributed by atoms with Gasteiger partial charge >= 0.3 is 0 Å². The Morgan fingerprint density at radius 2 is 1.81 bits per heavy atom. The van der Waals surface area contributed by atoms with Crippen LogP contribution in [0.5, 0.6) is 0 Å². The third kappa shape index (κ3) is 3.23. The Labute approximate surface area is 127 Å². The van der Waals surface area contributed by atoms with Crippen molar-refractivity contribution in [3.63, 3.8) is 0 Å². The average Bonchev–Trinajstić information content (AvgIpc) is 2.73. The molecule has 0 fully saturated rings. The molecule has 2 rings (SSSR count). The summed E-state index contributed by atoms with van der Waals surface area (Å²) in [5.41, 5.74) is 2.03. The van der Waals surface area contributed by atoms with Gasteiger partial charge in [0, 0.05) is 16.3 Å². The Hall–Kier alpha value is -2.33. The van der Waals surface area contributed by atoms with Crippen LogP contribution in [0, 0.1) is 13.8 Å². The molecule has 0 aliphatic heterocycles. The topological polar surface area (TPSA) is 73.0 Å². The number of rotatable bonds is 4. The van der Waals surface area contributed by atoms with Crippen LogP contribution in [0.1, 0.15) is 37.7 Å². The van der Waals surface area contributed by atoms with Gasteiger partial charge in [-0.2, -0.15) is 0 Å². The number of aromatic amines is 1. The van der Waals surface area contributed by atoms with Crippen molar-refractivity contribution in [1.29, 1.82) is 0 Å². The molecule has 0 unspecified atom stereocenters. The number of aromatic carboxylic acids is 1. The molecule has 0 spiro atoms. The number of hydrogen-bond donors (Lipinski definition) is 1. The zero-order valence-electron chi connectivity index (χ0n) is 11.6. The van der Waals surface area contributed by atoms with E-state index in [0.717, 1.165) is 5.56 Å². The fraction of sp³-hybridized carbons (Fsp3) is 0.125. The molecule has 1 aromatic heterocycles. The minimum atomic E-state index is -1.32. The molecule has 0 saturated carbocycles. The van der Waals surface area contributed by atoms with Crippen molar-refractivity contribution >= 4 is 29.4 Å². The van der Waals surface area contributed by atoms with Gasteiger partial charge in [0.15, 0.2) is 5.78 Å². The maximum atomic E-state index is 12.2. The van der Waals surface area contributed by atoms with E-state index in [0.29, 0.717) is 21.8 Å². The standard InChI is InChI=1S/C16H14ClNO3/c1-9-14(10(2)18-15(9)16(20)21)13(19)8-5-11-3-6-12(17)7-4-11/h3-8,18H,1-2H3,(H,20,21)/p-1/b8-5+. The highest BCUT2D eigenvalue weighted by Crippen LogP contribution is 2.19. The number of carboxylic acid groups (broad SMARTS) is 1. The van der Waals surface area contributed by atoms with Gasteiger partial charge in [-0.15, -0.1) is 0 Å². The number of carboxylic acids is 1. The molecule has 0 bridgehead atoms. The molecule has 0 amide bonds. The molecule has 0 aliphatic carbocycles. The van der Waals surface area contributed by atoms with Crippen molar-refractivity contribution < 1.29 is 14.7 Å². The maximum Gasteiger partial charge on any atom is 0.187 e. The average molecular weight is 303 g/mol. The summed E-state index contributed by atoms with van der Waals surface area (Å²) in [6.07, 6.45) is 3.06. The Morgan fingerprint density at radius 1 is 1.19 bits per heavy atom. The summed E-state index contributed by atoms with van der Waals surface area (Å²) >= 11 is 5.79. The van der Waals surface area contributed by atoms with Gasteiger partial charge in [0.25, 0.3) is 0 Å². The zero-order valence-corrected chi connectivity index (χ0v) is 12.3.